The molecule has 0 bridgehead atoms. The maximum Gasteiger partial charge on any atom is 0.227 e. The molecule has 1 aromatic carbocycles. The highest BCUT2D eigenvalue weighted by Crippen LogP contribution is 2.26. The summed E-state index contributed by atoms with van der Waals surface area (Å²) in [5.74, 6) is 0.856. The molecule has 3 rings (SSSR count). The van der Waals surface area contributed by atoms with Crippen molar-refractivity contribution in [3.63, 3.8) is 0 Å². The molecular formula is C18H24N2O4. The predicted molar refractivity (Wildman–Crippen MR) is 91.2 cm³/mol. The molecule has 6 heteroatoms. The average molecular weight is 332 g/mol. The number of carbonyl (C=O) groups excluding carboxylic acids is 1. The number of hydrogen-bond acceptors (Lipinski definition) is 5. The number of aliphatic hydroxyl groups is 1. The van der Waals surface area contributed by atoms with Gasteiger partial charge in [-0.3, -0.25) is 9.69 Å². The number of benzene rings is 1. The standard InChI is InChI=1S/C18H24N2O4/c1-13(21)11-19-5-7-20(8-6-19)18(22)9-14-12-24-17-10-15(23-2)3-4-16(14)17/h3-4,10,12-13,21H,5-9,11H2,1-2H3/t13-/m1/s1. The Bertz CT molecular complexity index is 702. The Kier molecular flexibility index (Phi) is 5.06. The largest absolute Gasteiger partial charge is 0.497 e. The number of fused-ring (bicyclic) bond motifs is 1. The smallest absolute Gasteiger partial charge is 0.227 e. The molecule has 1 saturated heterocycles. The summed E-state index contributed by atoms with van der Waals surface area (Å²) in [5.41, 5.74) is 1.64. The molecule has 1 aromatic heterocycles. The molecule has 0 aliphatic carbocycles. The molecule has 0 saturated carbocycles. The number of β-amino-alcohol motifs (C(OH)–C–C–N with tert-alkyl or cyclic N) is 1. The van der Waals surface area contributed by atoms with Gasteiger partial charge >= 0.3 is 0 Å². The first-order chi connectivity index (χ1) is 11.6. The van der Waals surface area contributed by atoms with Crippen LogP contribution in [0.5, 0.6) is 5.75 Å². The lowest BCUT2D eigenvalue weighted by Gasteiger charge is -2.35. The fraction of sp³-hybridized carbons (Fsp3) is 0.500. The maximum atomic E-state index is 12.6. The van der Waals surface area contributed by atoms with Crippen LogP contribution in [0.4, 0.5) is 0 Å². The number of nitrogens with zero attached hydrogens (tertiary/aromatic N) is 2. The van der Waals surface area contributed by atoms with Crippen LogP contribution in [0.3, 0.4) is 0 Å². The van der Waals surface area contributed by atoms with Crippen molar-refractivity contribution >= 4 is 16.9 Å². The predicted octanol–water partition coefficient (Wildman–Crippen LogP) is 1.51. The van der Waals surface area contributed by atoms with Gasteiger partial charge in [-0.15, -0.1) is 0 Å². The Hall–Kier alpha value is -2.05. The van der Waals surface area contributed by atoms with Crippen LogP contribution in [0.25, 0.3) is 11.0 Å². The van der Waals surface area contributed by atoms with Crippen molar-refractivity contribution < 1.29 is 19.1 Å². The Labute approximate surface area is 141 Å². The van der Waals surface area contributed by atoms with E-state index in [0.717, 1.165) is 35.4 Å². The second kappa shape index (κ2) is 7.23. The Morgan fingerprint density at radius 1 is 1.33 bits per heavy atom. The van der Waals surface area contributed by atoms with Crippen molar-refractivity contribution in [1.29, 1.82) is 0 Å². The minimum absolute atomic E-state index is 0.116. The van der Waals surface area contributed by atoms with Crippen molar-refractivity contribution in [1.82, 2.24) is 9.80 Å². The molecule has 0 radical (unpaired) electrons. The number of amides is 1. The molecule has 0 unspecified atom stereocenters. The van der Waals surface area contributed by atoms with Gasteiger partial charge in [0.05, 0.1) is 25.9 Å². The third-order valence-corrected chi connectivity index (χ3v) is 4.45. The molecule has 130 valence electrons. The third kappa shape index (κ3) is 3.71. The van der Waals surface area contributed by atoms with Gasteiger partial charge in [0.2, 0.25) is 5.91 Å². The van der Waals surface area contributed by atoms with Crippen LogP contribution in [0, 0.1) is 0 Å². The Balaban J connectivity index is 1.61. The fourth-order valence-electron chi connectivity index (χ4n) is 3.16. The number of aliphatic hydroxyl groups excluding tert-OH is 1. The van der Waals surface area contributed by atoms with E-state index in [0.29, 0.717) is 26.1 Å². The lowest BCUT2D eigenvalue weighted by Crippen LogP contribution is -2.50. The zero-order valence-corrected chi connectivity index (χ0v) is 14.2. The minimum atomic E-state index is -0.332. The van der Waals surface area contributed by atoms with Crippen LogP contribution in [0.2, 0.25) is 0 Å². The van der Waals surface area contributed by atoms with Crippen molar-refractivity contribution in [2.75, 3.05) is 39.8 Å². The molecule has 1 N–H and O–H groups in total. The second-order valence-corrected chi connectivity index (χ2v) is 6.33. The van der Waals surface area contributed by atoms with Gasteiger partial charge in [-0.1, -0.05) is 0 Å². The Morgan fingerprint density at radius 3 is 2.75 bits per heavy atom. The van der Waals surface area contributed by atoms with E-state index in [-0.39, 0.29) is 12.0 Å². The summed E-state index contributed by atoms with van der Waals surface area (Å²) in [7, 11) is 1.62. The molecule has 2 heterocycles. The van der Waals surface area contributed by atoms with E-state index in [1.165, 1.54) is 0 Å². The molecule has 2 aromatic rings. The first-order valence-corrected chi connectivity index (χ1v) is 8.29. The monoisotopic (exact) mass is 332 g/mol. The number of furan rings is 1. The summed E-state index contributed by atoms with van der Waals surface area (Å²) in [6.07, 6.45) is 1.67. The van der Waals surface area contributed by atoms with Gasteiger partial charge in [-0.2, -0.15) is 0 Å². The average Bonchev–Trinajstić information content (AvgIpc) is 2.97. The lowest BCUT2D eigenvalue weighted by molar-refractivity contribution is -0.132. The number of ether oxygens (including phenoxy) is 1. The topological polar surface area (TPSA) is 66.2 Å². The van der Waals surface area contributed by atoms with Gasteiger partial charge < -0.3 is 19.2 Å². The van der Waals surface area contributed by atoms with Gasteiger partial charge in [0.15, 0.2) is 0 Å². The molecule has 1 amide bonds. The van der Waals surface area contributed by atoms with Crippen molar-refractivity contribution in [2.45, 2.75) is 19.4 Å². The van der Waals surface area contributed by atoms with Crippen LogP contribution in [-0.4, -0.2) is 66.8 Å². The van der Waals surface area contributed by atoms with E-state index >= 15 is 0 Å². The molecular weight excluding hydrogens is 308 g/mol. The number of rotatable bonds is 5. The van der Waals surface area contributed by atoms with E-state index < -0.39 is 0 Å². The Morgan fingerprint density at radius 2 is 2.08 bits per heavy atom. The molecule has 1 fully saturated rings. The van der Waals surface area contributed by atoms with Crippen LogP contribution < -0.4 is 4.74 Å². The molecule has 24 heavy (non-hydrogen) atoms. The van der Waals surface area contributed by atoms with Crippen LogP contribution >= 0.6 is 0 Å². The number of methoxy groups -OCH3 is 1. The van der Waals surface area contributed by atoms with Gasteiger partial charge in [0.25, 0.3) is 0 Å². The summed E-state index contributed by atoms with van der Waals surface area (Å²) in [6.45, 7) is 5.47. The van der Waals surface area contributed by atoms with E-state index in [9.17, 15) is 9.90 Å². The maximum absolute atomic E-state index is 12.6. The van der Waals surface area contributed by atoms with Crippen LogP contribution in [0.1, 0.15) is 12.5 Å². The van der Waals surface area contributed by atoms with Gasteiger partial charge in [0, 0.05) is 49.7 Å². The number of carbonyl (C=O) groups is 1. The van der Waals surface area contributed by atoms with Gasteiger partial charge in [-0.25, -0.2) is 0 Å². The normalized spacial score (nSPS) is 17.2. The molecule has 1 aliphatic heterocycles. The van der Waals surface area contributed by atoms with Gasteiger partial charge in [-0.05, 0) is 19.1 Å². The minimum Gasteiger partial charge on any atom is -0.497 e. The third-order valence-electron chi connectivity index (χ3n) is 4.45. The summed E-state index contributed by atoms with van der Waals surface area (Å²) < 4.78 is 10.7. The van der Waals surface area contributed by atoms with E-state index in [4.69, 9.17) is 9.15 Å². The first-order valence-electron chi connectivity index (χ1n) is 8.29. The fourth-order valence-corrected chi connectivity index (χ4v) is 3.16. The lowest BCUT2D eigenvalue weighted by atomic mass is 10.1. The van der Waals surface area contributed by atoms with Crippen LogP contribution in [0.15, 0.2) is 28.9 Å². The highest BCUT2D eigenvalue weighted by molar-refractivity contribution is 5.88. The van der Waals surface area contributed by atoms with Crippen molar-refractivity contribution in [3.05, 3.63) is 30.0 Å². The molecule has 1 atom stereocenters. The van der Waals surface area contributed by atoms with E-state index in [1.807, 2.05) is 23.1 Å². The zero-order valence-electron chi connectivity index (χ0n) is 14.2. The summed E-state index contributed by atoms with van der Waals surface area (Å²) in [5, 5.41) is 10.4. The SMILES string of the molecule is COc1ccc2c(CC(=O)N3CCN(C[C@@H](C)O)CC3)coc2c1. The summed E-state index contributed by atoms with van der Waals surface area (Å²) >= 11 is 0. The highest BCUT2D eigenvalue weighted by atomic mass is 16.5. The van der Waals surface area contributed by atoms with E-state index in [2.05, 4.69) is 4.90 Å². The zero-order chi connectivity index (χ0) is 17.1. The highest BCUT2D eigenvalue weighted by Gasteiger charge is 2.22. The second-order valence-electron chi connectivity index (χ2n) is 6.33. The van der Waals surface area contributed by atoms with Crippen molar-refractivity contribution in [2.24, 2.45) is 0 Å². The molecule has 6 nitrogen and oxygen atoms in total. The quantitative estimate of drug-likeness (QED) is 0.899. The summed E-state index contributed by atoms with van der Waals surface area (Å²) in [6, 6.07) is 5.64. The summed E-state index contributed by atoms with van der Waals surface area (Å²) in [4.78, 5) is 16.6. The number of hydrogen-bond donors (Lipinski definition) is 1. The number of piperazine rings is 1. The molecule has 1 aliphatic rings. The van der Waals surface area contributed by atoms with E-state index in [1.54, 1.807) is 20.3 Å². The van der Waals surface area contributed by atoms with Crippen LogP contribution in [-0.2, 0) is 11.2 Å². The van der Waals surface area contributed by atoms with Gasteiger partial charge in [0.1, 0.15) is 11.3 Å². The first kappa shape index (κ1) is 16.8. The molecule has 0 spiro atoms. The van der Waals surface area contributed by atoms with Crippen molar-refractivity contribution in [3.8, 4) is 5.75 Å².